The molecule has 1 aromatic carbocycles. The van der Waals surface area contributed by atoms with E-state index in [-0.39, 0.29) is 70.6 Å². The number of ether oxygens (including phenoxy) is 2. The van der Waals surface area contributed by atoms with E-state index >= 15 is 4.39 Å². The number of halogens is 3. The van der Waals surface area contributed by atoms with E-state index in [0.29, 0.717) is 23.4 Å². The average molecular weight is 815 g/mol. The Morgan fingerprint density at radius 3 is 2.30 bits per heavy atom. The number of nitrogens with zero attached hydrogens (tertiary/aromatic N) is 6. The normalized spacial score (nSPS) is 16.9. The fraction of sp³-hybridized carbons (Fsp3) is 0.525. The molecule has 4 heterocycles. The molecule has 56 heavy (non-hydrogen) atoms. The number of benzene rings is 1. The largest absolute Gasteiger partial charge is 0.504 e. The van der Waals surface area contributed by atoms with Crippen LogP contribution in [0, 0.1) is 11.6 Å². The Morgan fingerprint density at radius 1 is 1.02 bits per heavy atom. The number of rotatable bonds is 9. The molecule has 0 aliphatic carbocycles. The molecular formula is C40H53ClF2N6O6Si. The van der Waals surface area contributed by atoms with Crippen molar-refractivity contribution >= 4 is 42.9 Å². The summed E-state index contributed by atoms with van der Waals surface area (Å²) < 4.78 is 49.8. The van der Waals surface area contributed by atoms with Crippen LogP contribution in [0.5, 0.6) is 11.5 Å². The van der Waals surface area contributed by atoms with E-state index in [4.69, 9.17) is 30.5 Å². The average Bonchev–Trinajstić information content (AvgIpc) is 3.08. The lowest BCUT2D eigenvalue weighted by Gasteiger charge is -2.44. The maximum atomic E-state index is 15.4. The van der Waals surface area contributed by atoms with Crippen molar-refractivity contribution in [3.05, 3.63) is 63.3 Å². The van der Waals surface area contributed by atoms with Crippen molar-refractivity contribution in [2.75, 3.05) is 31.2 Å². The number of fused-ring (bicyclic) bond motifs is 1. The van der Waals surface area contributed by atoms with E-state index in [1.165, 1.54) is 10.6 Å². The third kappa shape index (κ3) is 8.64. The highest BCUT2D eigenvalue weighted by Crippen LogP contribution is 2.41. The van der Waals surface area contributed by atoms with Crippen LogP contribution in [0.1, 0.15) is 80.8 Å². The van der Waals surface area contributed by atoms with Crippen LogP contribution in [0.3, 0.4) is 0 Å². The number of aromatic hydroxyl groups is 1. The highest BCUT2D eigenvalue weighted by molar-refractivity contribution is 6.74. The van der Waals surface area contributed by atoms with Gasteiger partial charge in [0, 0.05) is 37.4 Å². The van der Waals surface area contributed by atoms with Gasteiger partial charge < -0.3 is 28.8 Å². The fourth-order valence-corrected chi connectivity index (χ4v) is 7.62. The van der Waals surface area contributed by atoms with Crippen molar-refractivity contribution in [3.63, 3.8) is 0 Å². The minimum Gasteiger partial charge on any atom is -0.504 e. The highest BCUT2D eigenvalue weighted by atomic mass is 35.5. The number of carbonyl (C=O) groups excluding carboxylic acids is 1. The number of aromatic nitrogens is 4. The van der Waals surface area contributed by atoms with Gasteiger partial charge in [-0.15, -0.1) is 0 Å². The van der Waals surface area contributed by atoms with Crippen LogP contribution in [-0.2, 0) is 9.16 Å². The lowest BCUT2D eigenvalue weighted by Crippen LogP contribution is -2.59. The monoisotopic (exact) mass is 814 g/mol. The standard InChI is InChI=1S/C40H53ClF2N6O6Si/c1-22(2)31-33(29(15-16-44-31)53-17-18-54-56(11,12)40(8,9)10)49-36-25(19-26(41)32(45-36)30-27(42)13-14-28(43)34(30)50)35(46-37(49)51)47-20-24(4)48(21-23(47)3)38(52)55-39(5,6)7/h13-16,19,22-24,50H,17-18,20-21H2,1-12H3/t23-,24+/m0/s1. The predicted molar refractivity (Wildman–Crippen MR) is 217 cm³/mol. The number of carbonyl (C=O) groups is 1. The minimum absolute atomic E-state index is 0.0167. The fourth-order valence-electron chi connectivity index (χ4n) is 6.34. The molecule has 4 aromatic rings. The predicted octanol–water partition coefficient (Wildman–Crippen LogP) is 8.84. The van der Waals surface area contributed by atoms with Gasteiger partial charge in [-0.25, -0.2) is 27.9 Å². The van der Waals surface area contributed by atoms with Gasteiger partial charge in [-0.05, 0) is 76.9 Å². The molecule has 12 nitrogen and oxygen atoms in total. The van der Waals surface area contributed by atoms with Crippen LogP contribution in [0.2, 0.25) is 23.2 Å². The summed E-state index contributed by atoms with van der Waals surface area (Å²) in [4.78, 5) is 45.3. The number of hydrogen-bond donors (Lipinski definition) is 1. The molecule has 3 aromatic heterocycles. The van der Waals surface area contributed by atoms with Crippen molar-refractivity contribution in [3.8, 4) is 28.4 Å². The molecule has 304 valence electrons. The van der Waals surface area contributed by atoms with Crippen molar-refractivity contribution < 1.29 is 32.6 Å². The van der Waals surface area contributed by atoms with Crippen molar-refractivity contribution in [2.24, 2.45) is 0 Å². The van der Waals surface area contributed by atoms with Gasteiger partial charge in [0.2, 0.25) is 0 Å². The Balaban J connectivity index is 1.73. The lowest BCUT2D eigenvalue weighted by molar-refractivity contribution is 0.0130. The van der Waals surface area contributed by atoms with E-state index < -0.39 is 48.6 Å². The Labute approximate surface area is 332 Å². The van der Waals surface area contributed by atoms with E-state index in [2.05, 4.69) is 43.8 Å². The Kier molecular flexibility index (Phi) is 12.1. The molecule has 1 aliphatic heterocycles. The first-order chi connectivity index (χ1) is 25.9. The minimum atomic E-state index is -2.10. The van der Waals surface area contributed by atoms with Crippen LogP contribution < -0.4 is 15.3 Å². The Morgan fingerprint density at radius 2 is 1.68 bits per heavy atom. The zero-order valence-corrected chi connectivity index (χ0v) is 36.0. The summed E-state index contributed by atoms with van der Waals surface area (Å²) in [5, 5.41) is 10.9. The van der Waals surface area contributed by atoms with Crippen LogP contribution >= 0.6 is 11.6 Å². The summed E-state index contributed by atoms with van der Waals surface area (Å²) in [5.74, 6) is -2.75. The van der Waals surface area contributed by atoms with Gasteiger partial charge in [0.15, 0.2) is 25.5 Å². The van der Waals surface area contributed by atoms with E-state index in [1.807, 2.05) is 32.6 Å². The topological polar surface area (TPSA) is 132 Å². The quantitative estimate of drug-likeness (QED) is 0.129. The second-order valence-electron chi connectivity index (χ2n) is 17.1. The van der Waals surface area contributed by atoms with E-state index in [0.717, 1.165) is 12.1 Å². The molecule has 1 aliphatic rings. The third-order valence-corrected chi connectivity index (χ3v) is 15.1. The van der Waals surface area contributed by atoms with Gasteiger partial charge in [-0.2, -0.15) is 4.98 Å². The van der Waals surface area contributed by atoms with Crippen LogP contribution in [0.4, 0.5) is 19.4 Å². The van der Waals surface area contributed by atoms with Gasteiger partial charge >= 0.3 is 11.8 Å². The van der Waals surface area contributed by atoms with Gasteiger partial charge in [-0.1, -0.05) is 46.2 Å². The molecule has 16 heteroatoms. The number of phenolic OH excluding ortho intramolecular Hbond substituents is 1. The molecule has 0 saturated carbocycles. The first-order valence-electron chi connectivity index (χ1n) is 18.8. The van der Waals surface area contributed by atoms with Gasteiger partial charge in [0.25, 0.3) is 0 Å². The SMILES string of the molecule is CC(C)c1nccc(OCCO[Si](C)(C)C(C)(C)C)c1-n1c(=O)nc(N2C[C@@H](C)N(C(=O)OC(C)(C)C)C[C@@H]2C)c2cc(Cl)c(-c3c(F)ccc(F)c3O)nc21. The van der Waals surface area contributed by atoms with E-state index in [1.54, 1.807) is 37.9 Å². The molecule has 1 N–H and O–H groups in total. The zero-order chi connectivity index (χ0) is 41.7. The third-order valence-electron chi connectivity index (χ3n) is 10.3. The Bertz CT molecular complexity index is 2190. The number of pyridine rings is 2. The number of piperazine rings is 1. The summed E-state index contributed by atoms with van der Waals surface area (Å²) in [7, 11) is -2.10. The number of hydrogen-bond acceptors (Lipinski definition) is 10. The highest BCUT2D eigenvalue weighted by Gasteiger charge is 2.38. The summed E-state index contributed by atoms with van der Waals surface area (Å²) in [6, 6.07) is 4.04. The summed E-state index contributed by atoms with van der Waals surface area (Å²) in [6.45, 7) is 24.7. The van der Waals surface area contributed by atoms with Gasteiger partial charge in [0.05, 0.1) is 34.0 Å². The molecule has 2 atom stereocenters. The van der Waals surface area contributed by atoms with Crippen LogP contribution in [-0.4, -0.2) is 87.9 Å². The van der Waals surface area contributed by atoms with Gasteiger partial charge in [0.1, 0.15) is 35.3 Å². The molecule has 0 spiro atoms. The molecule has 1 fully saturated rings. The Hall–Kier alpha value is -4.34. The molecule has 1 saturated heterocycles. The number of amides is 1. The van der Waals surface area contributed by atoms with Crippen LogP contribution in [0.25, 0.3) is 28.0 Å². The second kappa shape index (κ2) is 15.9. The summed E-state index contributed by atoms with van der Waals surface area (Å²) in [5.41, 5.74) is -1.61. The van der Waals surface area contributed by atoms with Crippen LogP contribution in [0.15, 0.2) is 35.3 Å². The summed E-state index contributed by atoms with van der Waals surface area (Å²) in [6.07, 6.45) is 1.12. The second-order valence-corrected chi connectivity index (χ2v) is 22.4. The van der Waals surface area contributed by atoms with Crippen molar-refractivity contribution in [1.82, 2.24) is 24.4 Å². The molecule has 0 bridgehead atoms. The number of phenols is 1. The molecule has 0 unspecified atom stereocenters. The molecule has 5 rings (SSSR count). The molecular weight excluding hydrogens is 762 g/mol. The van der Waals surface area contributed by atoms with Crippen molar-refractivity contribution in [1.29, 1.82) is 0 Å². The smallest absolute Gasteiger partial charge is 0.410 e. The first-order valence-corrected chi connectivity index (χ1v) is 22.0. The lowest BCUT2D eigenvalue weighted by atomic mass is 10.1. The maximum absolute atomic E-state index is 15.4. The zero-order valence-electron chi connectivity index (χ0n) is 34.3. The maximum Gasteiger partial charge on any atom is 0.410 e. The van der Waals surface area contributed by atoms with E-state index in [9.17, 15) is 19.1 Å². The summed E-state index contributed by atoms with van der Waals surface area (Å²) >= 11 is 6.83. The molecule has 0 radical (unpaired) electrons. The van der Waals surface area contributed by atoms with Crippen molar-refractivity contribution in [2.45, 2.75) is 111 Å². The first kappa shape index (κ1) is 42.8. The van der Waals surface area contributed by atoms with Gasteiger partial charge in [-0.3, -0.25) is 4.98 Å². The molecule has 1 amide bonds. The number of anilines is 1.